The molecule has 21 heavy (non-hydrogen) atoms. The molecule has 2 rings (SSSR count). The lowest BCUT2D eigenvalue weighted by atomic mass is 10.2. The minimum atomic E-state index is -0.989. The van der Waals surface area contributed by atoms with E-state index in [1.807, 2.05) is 12.1 Å². The summed E-state index contributed by atoms with van der Waals surface area (Å²) in [4.78, 5) is 23.4. The fraction of sp³-hybridized carbons (Fsp3) is 0.0667. The summed E-state index contributed by atoms with van der Waals surface area (Å²) in [6.07, 6.45) is 2.60. The van der Waals surface area contributed by atoms with Gasteiger partial charge in [0, 0.05) is 15.8 Å². The average molecular weight is 303 g/mol. The minimum Gasteiger partial charge on any atom is -0.487 e. The normalized spacial score (nSPS) is 10.7. The van der Waals surface area contributed by atoms with Gasteiger partial charge in [-0.3, -0.25) is 4.79 Å². The van der Waals surface area contributed by atoms with Gasteiger partial charge in [-0.15, -0.1) is 11.3 Å². The van der Waals surface area contributed by atoms with Crippen LogP contribution in [-0.4, -0.2) is 17.0 Å². The van der Waals surface area contributed by atoms with Gasteiger partial charge in [0.2, 0.25) is 0 Å². The molecule has 0 aliphatic rings. The summed E-state index contributed by atoms with van der Waals surface area (Å²) >= 11 is 1.42. The number of hydrogen-bond acceptors (Lipinski definition) is 4. The van der Waals surface area contributed by atoms with E-state index < -0.39 is 11.9 Å². The number of carboxylic acid groups (broad SMARTS) is 1. The first-order valence-electron chi connectivity index (χ1n) is 6.07. The second-order valence-corrected chi connectivity index (χ2v) is 5.32. The Bertz CT molecular complexity index is 690. The third-order valence-corrected chi connectivity index (χ3v) is 3.62. The molecule has 6 heteroatoms. The number of carbonyl (C=O) groups is 2. The highest BCUT2D eigenvalue weighted by Gasteiger charge is 2.08. The molecular weight excluding hydrogens is 290 g/mol. The third-order valence-electron chi connectivity index (χ3n) is 2.60. The summed E-state index contributed by atoms with van der Waals surface area (Å²) in [6, 6.07) is 10.4. The molecule has 0 bridgehead atoms. The molecular formula is C15H13NO4S. The van der Waals surface area contributed by atoms with E-state index in [4.69, 9.17) is 15.6 Å². The number of thiophene rings is 1. The van der Waals surface area contributed by atoms with Gasteiger partial charge in [0.25, 0.3) is 5.91 Å². The van der Waals surface area contributed by atoms with E-state index in [0.717, 1.165) is 15.8 Å². The van der Waals surface area contributed by atoms with Crippen molar-refractivity contribution in [1.82, 2.24) is 0 Å². The van der Waals surface area contributed by atoms with Crippen LogP contribution in [0.2, 0.25) is 0 Å². The molecule has 1 aromatic heterocycles. The highest BCUT2D eigenvalue weighted by molar-refractivity contribution is 7.12. The summed E-state index contributed by atoms with van der Waals surface area (Å²) in [6.45, 7) is 0.288. The van der Waals surface area contributed by atoms with Crippen LogP contribution in [0.25, 0.3) is 6.08 Å². The van der Waals surface area contributed by atoms with E-state index in [1.54, 1.807) is 24.3 Å². The Hall–Kier alpha value is -2.60. The van der Waals surface area contributed by atoms with Crippen LogP contribution in [0.1, 0.15) is 20.1 Å². The van der Waals surface area contributed by atoms with Gasteiger partial charge < -0.3 is 15.6 Å². The molecule has 5 nitrogen and oxygen atoms in total. The largest absolute Gasteiger partial charge is 0.487 e. The number of carbonyl (C=O) groups excluding carboxylic acids is 1. The van der Waals surface area contributed by atoms with Crippen LogP contribution >= 0.6 is 11.3 Å². The zero-order chi connectivity index (χ0) is 15.2. The fourth-order valence-corrected chi connectivity index (χ4v) is 2.49. The van der Waals surface area contributed by atoms with Crippen LogP contribution in [0.5, 0.6) is 5.75 Å². The number of rotatable bonds is 6. The van der Waals surface area contributed by atoms with Crippen molar-refractivity contribution in [3.8, 4) is 5.75 Å². The van der Waals surface area contributed by atoms with Crippen molar-refractivity contribution in [2.45, 2.75) is 6.61 Å². The van der Waals surface area contributed by atoms with Crippen molar-refractivity contribution in [3.05, 3.63) is 57.8 Å². The van der Waals surface area contributed by atoms with Gasteiger partial charge in [-0.25, -0.2) is 4.79 Å². The second kappa shape index (κ2) is 6.71. The first-order valence-corrected chi connectivity index (χ1v) is 6.89. The van der Waals surface area contributed by atoms with Crippen LogP contribution in [0, 0.1) is 0 Å². The molecule has 0 aliphatic heterocycles. The summed E-state index contributed by atoms with van der Waals surface area (Å²) in [5, 5.41) is 8.57. The fourth-order valence-electron chi connectivity index (χ4n) is 1.66. The first kappa shape index (κ1) is 14.8. The Labute approximate surface area is 125 Å². The van der Waals surface area contributed by atoms with Crippen molar-refractivity contribution >= 4 is 29.3 Å². The number of hydrogen-bond donors (Lipinski definition) is 2. The third kappa shape index (κ3) is 4.19. The van der Waals surface area contributed by atoms with Gasteiger partial charge in [-0.1, -0.05) is 12.1 Å². The molecule has 2 aromatic rings. The van der Waals surface area contributed by atoms with Crippen LogP contribution < -0.4 is 10.5 Å². The molecule has 108 valence electrons. The Kier molecular flexibility index (Phi) is 4.73. The predicted octanol–water partition coefficient (Wildman–Crippen LogP) is 2.52. The maximum Gasteiger partial charge on any atom is 0.328 e. The molecule has 0 saturated carbocycles. The van der Waals surface area contributed by atoms with E-state index in [2.05, 4.69) is 0 Å². The highest BCUT2D eigenvalue weighted by atomic mass is 32.1. The molecule has 0 spiro atoms. The topological polar surface area (TPSA) is 89.6 Å². The molecule has 0 unspecified atom stereocenters. The summed E-state index contributed by atoms with van der Waals surface area (Å²) in [7, 11) is 0. The van der Waals surface area contributed by atoms with Crippen molar-refractivity contribution in [3.63, 3.8) is 0 Å². The number of nitrogens with two attached hydrogens (primary N) is 1. The van der Waals surface area contributed by atoms with Crippen molar-refractivity contribution < 1.29 is 19.4 Å². The highest BCUT2D eigenvalue weighted by Crippen LogP contribution is 2.22. The molecule has 0 atom stereocenters. The number of para-hydroxylation sites is 1. The van der Waals surface area contributed by atoms with E-state index in [9.17, 15) is 9.59 Å². The maximum absolute atomic E-state index is 11.3. The standard InChI is InChI=1S/C15H13NO4S/c16-15(19)12-3-1-2-4-13(12)20-9-11-6-5-10(21-11)7-8-14(17)18/h1-8H,9H2,(H2,16,19)(H,17,18). The van der Waals surface area contributed by atoms with Crippen molar-refractivity contribution in [1.29, 1.82) is 0 Å². The SMILES string of the molecule is NC(=O)c1ccccc1OCc1ccc(C=CC(=O)O)s1. The zero-order valence-corrected chi connectivity index (χ0v) is 11.8. The Balaban J connectivity index is 2.04. The lowest BCUT2D eigenvalue weighted by Crippen LogP contribution is -2.12. The Morgan fingerprint density at radius 2 is 2.00 bits per heavy atom. The van der Waals surface area contributed by atoms with Gasteiger partial charge in [0.05, 0.1) is 5.56 Å². The quantitative estimate of drug-likeness (QED) is 0.802. The maximum atomic E-state index is 11.3. The van der Waals surface area contributed by atoms with Gasteiger partial charge in [0.1, 0.15) is 12.4 Å². The predicted molar refractivity (Wildman–Crippen MR) is 80.3 cm³/mol. The number of ether oxygens (including phenoxy) is 1. The molecule has 0 aliphatic carbocycles. The molecule has 1 aromatic carbocycles. The number of benzene rings is 1. The zero-order valence-electron chi connectivity index (χ0n) is 11.0. The molecule has 3 N–H and O–H groups in total. The molecule has 0 saturated heterocycles. The number of carboxylic acids is 1. The van der Waals surface area contributed by atoms with Gasteiger partial charge >= 0.3 is 5.97 Å². The summed E-state index contributed by atoms with van der Waals surface area (Å²) in [5.74, 6) is -1.10. The lowest BCUT2D eigenvalue weighted by Gasteiger charge is -2.07. The van der Waals surface area contributed by atoms with Gasteiger partial charge in [0.15, 0.2) is 0 Å². The smallest absolute Gasteiger partial charge is 0.328 e. The van der Waals surface area contributed by atoms with Crippen LogP contribution in [0.4, 0.5) is 0 Å². The van der Waals surface area contributed by atoms with Crippen LogP contribution in [-0.2, 0) is 11.4 Å². The molecule has 0 fully saturated rings. The average Bonchev–Trinajstić information content (AvgIpc) is 2.91. The van der Waals surface area contributed by atoms with Crippen molar-refractivity contribution in [2.24, 2.45) is 5.73 Å². The Morgan fingerprint density at radius 3 is 2.71 bits per heavy atom. The lowest BCUT2D eigenvalue weighted by molar-refractivity contribution is -0.131. The van der Waals surface area contributed by atoms with E-state index in [-0.39, 0.29) is 6.61 Å². The monoisotopic (exact) mass is 303 g/mol. The summed E-state index contributed by atoms with van der Waals surface area (Å²) in [5.41, 5.74) is 5.61. The van der Waals surface area contributed by atoms with E-state index in [0.29, 0.717) is 11.3 Å². The number of primary amides is 1. The van der Waals surface area contributed by atoms with E-state index in [1.165, 1.54) is 17.4 Å². The molecule has 0 radical (unpaired) electrons. The number of amides is 1. The van der Waals surface area contributed by atoms with Crippen molar-refractivity contribution in [2.75, 3.05) is 0 Å². The van der Waals surface area contributed by atoms with Crippen LogP contribution in [0.3, 0.4) is 0 Å². The van der Waals surface area contributed by atoms with Gasteiger partial charge in [-0.2, -0.15) is 0 Å². The minimum absolute atomic E-state index is 0.288. The second-order valence-electron chi connectivity index (χ2n) is 4.12. The molecule has 1 heterocycles. The summed E-state index contributed by atoms with van der Waals surface area (Å²) < 4.78 is 5.59. The first-order chi connectivity index (χ1) is 10.1. The molecule has 1 amide bonds. The van der Waals surface area contributed by atoms with Crippen LogP contribution in [0.15, 0.2) is 42.5 Å². The van der Waals surface area contributed by atoms with E-state index >= 15 is 0 Å². The Morgan fingerprint density at radius 1 is 1.24 bits per heavy atom. The van der Waals surface area contributed by atoms with Gasteiger partial charge in [-0.05, 0) is 30.3 Å². The number of aliphatic carboxylic acids is 1.